The van der Waals surface area contributed by atoms with Gasteiger partial charge < -0.3 is 16.8 Å². The number of hydrogen-bond donors (Lipinski definition) is 4. The van der Waals surface area contributed by atoms with Gasteiger partial charge in [-0.05, 0) is 42.8 Å². The van der Waals surface area contributed by atoms with Gasteiger partial charge in [0, 0.05) is 28.6 Å². The quantitative estimate of drug-likeness (QED) is 0.465. The first-order valence-corrected chi connectivity index (χ1v) is 10.9. The van der Waals surface area contributed by atoms with E-state index in [1.54, 1.807) is 19.1 Å². The number of carbonyl (C=O) groups excluding carboxylic acids is 5. The summed E-state index contributed by atoms with van der Waals surface area (Å²) in [6, 6.07) is 8.11. The summed E-state index contributed by atoms with van der Waals surface area (Å²) in [5.74, 6) is -5.14. The third kappa shape index (κ3) is 2.82. The number of imide groups is 1. The third-order valence-electron chi connectivity index (χ3n) is 6.92. The lowest BCUT2D eigenvalue weighted by atomic mass is 9.76. The largest absolute Gasteiger partial charge is 0.370 e. The van der Waals surface area contributed by atoms with E-state index in [4.69, 9.17) is 23.1 Å². The van der Waals surface area contributed by atoms with Gasteiger partial charge in [0.1, 0.15) is 5.54 Å². The Morgan fingerprint density at radius 2 is 1.74 bits per heavy atom. The Labute approximate surface area is 198 Å². The van der Waals surface area contributed by atoms with Gasteiger partial charge in [0.15, 0.2) is 0 Å². The molecule has 174 valence electrons. The molecule has 3 aliphatic rings. The summed E-state index contributed by atoms with van der Waals surface area (Å²) >= 11 is 6.24. The molecule has 2 fully saturated rings. The van der Waals surface area contributed by atoms with Crippen molar-refractivity contribution in [2.24, 2.45) is 23.3 Å². The second kappa shape index (κ2) is 7.37. The summed E-state index contributed by atoms with van der Waals surface area (Å²) in [6.45, 7) is 1.74. The molecule has 0 bridgehead atoms. The van der Waals surface area contributed by atoms with Gasteiger partial charge in [-0.3, -0.25) is 29.3 Å². The zero-order valence-corrected chi connectivity index (χ0v) is 18.7. The molecule has 3 heterocycles. The lowest BCUT2D eigenvalue weighted by Crippen LogP contribution is -2.53. The van der Waals surface area contributed by atoms with Gasteiger partial charge in [-0.2, -0.15) is 0 Å². The van der Waals surface area contributed by atoms with Gasteiger partial charge in [-0.1, -0.05) is 17.7 Å². The van der Waals surface area contributed by atoms with Crippen molar-refractivity contribution in [3.05, 3.63) is 58.1 Å². The van der Waals surface area contributed by atoms with Crippen LogP contribution in [0.3, 0.4) is 0 Å². The molecule has 11 heteroatoms. The second-order valence-corrected chi connectivity index (χ2v) is 9.11. The summed E-state index contributed by atoms with van der Waals surface area (Å²) in [4.78, 5) is 65.0. The minimum Gasteiger partial charge on any atom is -0.370 e. The average Bonchev–Trinajstić information content (AvgIpc) is 3.35. The highest BCUT2D eigenvalue weighted by molar-refractivity contribution is 6.32. The molecular formula is C23H20ClN5O5. The van der Waals surface area contributed by atoms with Crippen LogP contribution in [0, 0.1) is 18.8 Å². The fourth-order valence-corrected chi connectivity index (χ4v) is 5.57. The number of carbonyl (C=O) groups is 5. The van der Waals surface area contributed by atoms with E-state index in [9.17, 15) is 24.0 Å². The van der Waals surface area contributed by atoms with Crippen LogP contribution in [0.25, 0.3) is 0 Å². The van der Waals surface area contributed by atoms with E-state index < -0.39 is 53.0 Å². The van der Waals surface area contributed by atoms with E-state index in [1.165, 1.54) is 24.3 Å². The number of rotatable bonds is 4. The number of halogens is 1. The molecule has 2 unspecified atom stereocenters. The lowest BCUT2D eigenvalue weighted by Gasteiger charge is -2.29. The zero-order chi connectivity index (χ0) is 24.5. The molecule has 10 nitrogen and oxygen atoms in total. The number of benzene rings is 2. The first-order chi connectivity index (χ1) is 16.1. The molecule has 0 saturated carbocycles. The first-order valence-electron chi connectivity index (χ1n) is 10.5. The number of nitrogens with two attached hydrogens (primary N) is 2. The molecule has 2 saturated heterocycles. The fourth-order valence-electron chi connectivity index (χ4n) is 5.41. The minimum atomic E-state index is -1.58. The summed E-state index contributed by atoms with van der Waals surface area (Å²) < 4.78 is 0. The molecule has 0 radical (unpaired) electrons. The Morgan fingerprint density at radius 1 is 1.06 bits per heavy atom. The molecule has 5 amide bonds. The van der Waals surface area contributed by atoms with Crippen molar-refractivity contribution in [1.29, 1.82) is 0 Å². The van der Waals surface area contributed by atoms with E-state index in [0.29, 0.717) is 21.8 Å². The van der Waals surface area contributed by atoms with Gasteiger partial charge in [-0.15, -0.1) is 0 Å². The molecule has 4 atom stereocenters. The van der Waals surface area contributed by atoms with Crippen LogP contribution < -0.4 is 27.0 Å². The van der Waals surface area contributed by atoms with Crippen molar-refractivity contribution in [1.82, 2.24) is 5.32 Å². The number of primary amides is 2. The number of anilines is 2. The van der Waals surface area contributed by atoms with E-state index in [1.807, 2.05) is 0 Å². The molecule has 6 N–H and O–H groups in total. The van der Waals surface area contributed by atoms with Crippen molar-refractivity contribution in [3.63, 3.8) is 0 Å². The number of amides is 5. The Bertz CT molecular complexity index is 1310. The highest BCUT2D eigenvalue weighted by Gasteiger charge is 2.70. The number of hydrogen-bond acceptors (Lipinski definition) is 6. The SMILES string of the molecule is Cc1c(Cl)ccc2c1NC(=O)C21NC(CC(N)=O)[C@H]2C(=O)N(c3ccc(C(N)=O)cc3)C(=O)[C@H]21. The lowest BCUT2D eigenvalue weighted by molar-refractivity contribution is -0.130. The van der Waals surface area contributed by atoms with E-state index >= 15 is 0 Å². The summed E-state index contributed by atoms with van der Waals surface area (Å²) in [6.07, 6.45) is -0.244. The molecule has 2 aromatic rings. The van der Waals surface area contributed by atoms with Crippen LogP contribution in [0.5, 0.6) is 0 Å². The normalized spacial score (nSPS) is 27.2. The van der Waals surface area contributed by atoms with E-state index in [-0.39, 0.29) is 17.7 Å². The fraction of sp³-hybridized carbons (Fsp3) is 0.261. The summed E-state index contributed by atoms with van der Waals surface area (Å²) in [7, 11) is 0. The first kappa shape index (κ1) is 22.1. The molecular weight excluding hydrogens is 462 g/mol. The predicted molar refractivity (Wildman–Crippen MR) is 122 cm³/mol. The maximum Gasteiger partial charge on any atom is 0.250 e. The summed E-state index contributed by atoms with van der Waals surface area (Å²) in [5, 5.41) is 6.36. The predicted octanol–water partition coefficient (Wildman–Crippen LogP) is 0.548. The van der Waals surface area contributed by atoms with Gasteiger partial charge in [-0.25, -0.2) is 4.90 Å². The molecule has 5 rings (SSSR count). The van der Waals surface area contributed by atoms with Crippen LogP contribution in [0.1, 0.15) is 27.9 Å². The van der Waals surface area contributed by atoms with Crippen LogP contribution >= 0.6 is 11.6 Å². The third-order valence-corrected chi connectivity index (χ3v) is 7.33. The van der Waals surface area contributed by atoms with Gasteiger partial charge >= 0.3 is 0 Å². The average molecular weight is 482 g/mol. The van der Waals surface area contributed by atoms with Crippen molar-refractivity contribution in [3.8, 4) is 0 Å². The molecule has 0 aromatic heterocycles. The molecule has 34 heavy (non-hydrogen) atoms. The molecule has 2 aromatic carbocycles. The van der Waals surface area contributed by atoms with Gasteiger partial charge in [0.05, 0.1) is 23.2 Å². The second-order valence-electron chi connectivity index (χ2n) is 8.70. The minimum absolute atomic E-state index is 0.212. The smallest absolute Gasteiger partial charge is 0.250 e. The van der Waals surface area contributed by atoms with Crippen LogP contribution in [-0.4, -0.2) is 35.6 Å². The number of nitrogens with zero attached hydrogens (tertiary/aromatic N) is 1. The molecule has 0 aliphatic carbocycles. The van der Waals surface area contributed by atoms with Crippen LogP contribution in [0.15, 0.2) is 36.4 Å². The van der Waals surface area contributed by atoms with Crippen molar-refractivity contribution < 1.29 is 24.0 Å². The number of nitrogens with one attached hydrogen (secondary N) is 2. The van der Waals surface area contributed by atoms with Crippen LogP contribution in [0.4, 0.5) is 11.4 Å². The Hall–Kier alpha value is -3.76. The maximum atomic E-state index is 13.8. The zero-order valence-electron chi connectivity index (χ0n) is 17.9. The Kier molecular flexibility index (Phi) is 4.78. The van der Waals surface area contributed by atoms with Gasteiger partial charge in [0.2, 0.25) is 29.5 Å². The standard InChI is InChI=1S/C23H20ClN5O5/c1-9-13(24)7-6-12-18(9)27-22(34)23(12)17-16(14(28-23)8-15(25)30)20(32)29(21(17)33)11-4-2-10(3-5-11)19(26)31/h2-7,14,16-17,28H,8H2,1H3,(H2,25,30)(H2,26,31)(H,27,34)/t14?,16-,17+,23?/m1/s1. The van der Waals surface area contributed by atoms with Crippen molar-refractivity contribution >= 4 is 52.5 Å². The molecule has 1 spiro atoms. The summed E-state index contributed by atoms with van der Waals surface area (Å²) in [5.41, 5.74) is 11.1. The van der Waals surface area contributed by atoms with Crippen molar-refractivity contribution in [2.45, 2.75) is 24.9 Å². The number of fused-ring (bicyclic) bond motifs is 4. The Balaban J connectivity index is 1.66. The highest BCUT2D eigenvalue weighted by Crippen LogP contribution is 2.55. The Morgan fingerprint density at radius 3 is 2.35 bits per heavy atom. The highest BCUT2D eigenvalue weighted by atomic mass is 35.5. The van der Waals surface area contributed by atoms with Crippen LogP contribution in [0.2, 0.25) is 5.02 Å². The van der Waals surface area contributed by atoms with E-state index in [0.717, 1.165) is 4.90 Å². The topological polar surface area (TPSA) is 165 Å². The van der Waals surface area contributed by atoms with Crippen molar-refractivity contribution in [2.75, 3.05) is 10.2 Å². The molecule has 3 aliphatic heterocycles. The van der Waals surface area contributed by atoms with Gasteiger partial charge in [0.25, 0.3) is 0 Å². The maximum absolute atomic E-state index is 13.8. The monoisotopic (exact) mass is 481 g/mol. The van der Waals surface area contributed by atoms with Crippen LogP contribution in [-0.2, 0) is 24.7 Å². The van der Waals surface area contributed by atoms with E-state index in [2.05, 4.69) is 10.6 Å².